The number of para-hydroxylation sites is 1. The quantitative estimate of drug-likeness (QED) is 0.345. The molecule has 15 heteroatoms. The van der Waals surface area contributed by atoms with Crippen molar-refractivity contribution in [2.45, 2.75) is 25.8 Å². The molecule has 0 radical (unpaired) electrons. The number of hydrogen-bond donors (Lipinski definition) is 3. The molecule has 2 aromatic heterocycles. The third-order valence-electron chi connectivity index (χ3n) is 5.82. The second kappa shape index (κ2) is 10.1. The van der Waals surface area contributed by atoms with Crippen LogP contribution in [0.5, 0.6) is 5.75 Å². The number of benzene rings is 1. The van der Waals surface area contributed by atoms with E-state index in [1.54, 1.807) is 25.1 Å². The number of carbonyl (C=O) groups excluding carboxylic acids is 2. The fourth-order valence-corrected chi connectivity index (χ4v) is 4.10. The van der Waals surface area contributed by atoms with Crippen molar-refractivity contribution in [1.82, 2.24) is 24.6 Å². The Kier molecular flexibility index (Phi) is 7.09. The Morgan fingerprint density at radius 1 is 1.24 bits per heavy atom. The molecule has 3 aromatic rings. The van der Waals surface area contributed by atoms with E-state index < -0.39 is 22.0 Å². The number of aromatic nitrogens is 4. The van der Waals surface area contributed by atoms with Gasteiger partial charge < -0.3 is 25.6 Å². The van der Waals surface area contributed by atoms with Crippen molar-refractivity contribution >= 4 is 39.0 Å². The second-order valence-electron chi connectivity index (χ2n) is 8.54. The van der Waals surface area contributed by atoms with E-state index in [1.165, 1.54) is 20.2 Å². The summed E-state index contributed by atoms with van der Waals surface area (Å²) in [5.74, 6) is -0.336. The highest BCUT2D eigenvalue weighted by Crippen LogP contribution is 2.38. The van der Waals surface area contributed by atoms with Gasteiger partial charge in [0, 0.05) is 19.0 Å². The molecule has 14 nitrogen and oxygen atoms in total. The molecule has 2 amide bonds. The number of methoxy groups -OCH3 is 1. The Bertz CT molecular complexity index is 1450. The third kappa shape index (κ3) is 5.67. The minimum absolute atomic E-state index is 0.0504. The van der Waals surface area contributed by atoms with Crippen LogP contribution in [0.25, 0.3) is 11.4 Å². The van der Waals surface area contributed by atoms with Gasteiger partial charge in [0.2, 0.25) is 27.6 Å². The molecule has 4 N–H and O–H groups in total. The zero-order valence-electron chi connectivity index (χ0n) is 20.5. The minimum Gasteiger partial charge on any atom is -0.494 e. The first kappa shape index (κ1) is 26.0. The van der Waals surface area contributed by atoms with Gasteiger partial charge in [-0.2, -0.15) is 9.29 Å². The number of ether oxygens (including phenoxy) is 1. The van der Waals surface area contributed by atoms with E-state index in [1.807, 2.05) is 0 Å². The van der Waals surface area contributed by atoms with Crippen molar-refractivity contribution in [3.63, 3.8) is 0 Å². The molecular weight excluding hydrogens is 504 g/mol. The Balaban J connectivity index is 1.67. The molecule has 37 heavy (non-hydrogen) atoms. The zero-order chi connectivity index (χ0) is 26.9. The summed E-state index contributed by atoms with van der Waals surface area (Å²) in [5.41, 5.74) is 6.37. The number of amides is 2. The first-order valence-electron chi connectivity index (χ1n) is 11.2. The first-order valence-corrected chi connectivity index (χ1v) is 13.0. The van der Waals surface area contributed by atoms with E-state index >= 15 is 0 Å². The van der Waals surface area contributed by atoms with Gasteiger partial charge in [0.05, 0.1) is 30.3 Å². The minimum atomic E-state index is -3.49. The van der Waals surface area contributed by atoms with Crippen molar-refractivity contribution in [1.29, 1.82) is 0 Å². The van der Waals surface area contributed by atoms with Crippen molar-refractivity contribution in [3.8, 4) is 17.1 Å². The number of sulfonamides is 1. The number of primary amides is 1. The number of hydrogen-bond acceptors (Lipinski definition) is 11. The molecule has 1 aromatic carbocycles. The lowest BCUT2D eigenvalue weighted by Crippen LogP contribution is -2.28. The molecule has 196 valence electrons. The number of carbonyl (C=O) groups is 2. The van der Waals surface area contributed by atoms with Crippen LogP contribution in [0.1, 0.15) is 42.2 Å². The van der Waals surface area contributed by atoms with E-state index in [4.69, 9.17) is 15.0 Å². The Hall–Kier alpha value is -4.11. The van der Waals surface area contributed by atoms with Crippen molar-refractivity contribution in [2.24, 2.45) is 11.7 Å². The van der Waals surface area contributed by atoms with E-state index in [0.29, 0.717) is 17.0 Å². The van der Waals surface area contributed by atoms with Crippen LogP contribution in [0.2, 0.25) is 0 Å². The van der Waals surface area contributed by atoms with Gasteiger partial charge in [0.1, 0.15) is 6.04 Å². The highest BCUT2D eigenvalue weighted by Gasteiger charge is 2.30. The SMILES string of the molecule is COc1c(Nc2cc(NC(=O)C3CC3)nnc2C(N)=O)cccc1-c1noc([C@H](C)N(C)S(C)(=O)=O)n1. The van der Waals surface area contributed by atoms with Gasteiger partial charge in [-0.15, -0.1) is 10.2 Å². The van der Waals surface area contributed by atoms with E-state index in [9.17, 15) is 18.0 Å². The number of nitrogens with two attached hydrogens (primary N) is 1. The van der Waals surface area contributed by atoms with Gasteiger partial charge in [0.15, 0.2) is 17.3 Å². The molecule has 1 atom stereocenters. The summed E-state index contributed by atoms with van der Waals surface area (Å²) >= 11 is 0. The standard InChI is InChI=1S/C22H26N8O6S/c1-11(30(2)37(4,33)34)22-26-20(29-36-22)13-6-5-7-14(18(13)35-3)24-15-10-16(25-21(32)12-8-9-12)27-28-17(15)19(23)31/h5-7,10-12H,8-9H2,1-4H3,(H2,23,31)(H2,24,25,27,32)/t11-/m0/s1. The van der Waals surface area contributed by atoms with E-state index in [-0.39, 0.29) is 40.7 Å². The van der Waals surface area contributed by atoms with Gasteiger partial charge in [-0.3, -0.25) is 9.59 Å². The van der Waals surface area contributed by atoms with Gasteiger partial charge in [0.25, 0.3) is 5.91 Å². The Morgan fingerprint density at radius 3 is 2.59 bits per heavy atom. The average molecular weight is 531 g/mol. The maximum atomic E-state index is 12.1. The van der Waals surface area contributed by atoms with Crippen LogP contribution in [0.4, 0.5) is 17.2 Å². The summed E-state index contributed by atoms with van der Waals surface area (Å²) in [6.07, 6.45) is 2.71. The maximum absolute atomic E-state index is 12.1. The molecule has 0 spiro atoms. The summed E-state index contributed by atoms with van der Waals surface area (Å²) in [6, 6.07) is 5.81. The topological polar surface area (TPSA) is 196 Å². The predicted octanol–water partition coefficient (Wildman–Crippen LogP) is 1.68. The molecule has 0 unspecified atom stereocenters. The Labute approximate surface area is 212 Å². The molecule has 1 saturated carbocycles. The molecule has 1 aliphatic rings. The van der Waals surface area contributed by atoms with Crippen LogP contribution in [-0.4, -0.2) is 65.3 Å². The second-order valence-corrected chi connectivity index (χ2v) is 10.6. The molecule has 0 aliphatic heterocycles. The van der Waals surface area contributed by atoms with Crippen molar-refractivity contribution in [3.05, 3.63) is 35.9 Å². The summed E-state index contributed by atoms with van der Waals surface area (Å²) in [5, 5.41) is 17.5. The Morgan fingerprint density at radius 2 is 1.97 bits per heavy atom. The normalized spacial score (nSPS) is 14.3. The molecule has 4 rings (SSSR count). The lowest BCUT2D eigenvalue weighted by Gasteiger charge is -2.18. The van der Waals surface area contributed by atoms with E-state index in [2.05, 4.69) is 31.0 Å². The molecule has 0 saturated heterocycles. The zero-order valence-corrected chi connectivity index (χ0v) is 21.4. The smallest absolute Gasteiger partial charge is 0.271 e. The van der Waals surface area contributed by atoms with Crippen LogP contribution in [0.15, 0.2) is 28.8 Å². The first-order chi connectivity index (χ1) is 17.5. The predicted molar refractivity (Wildman–Crippen MR) is 132 cm³/mol. The van der Waals surface area contributed by atoms with Crippen LogP contribution in [-0.2, 0) is 14.8 Å². The molecule has 1 fully saturated rings. The molecular formula is C22H26N8O6S. The lowest BCUT2D eigenvalue weighted by molar-refractivity contribution is -0.117. The highest BCUT2D eigenvalue weighted by atomic mass is 32.2. The maximum Gasteiger partial charge on any atom is 0.271 e. The van der Waals surface area contributed by atoms with Gasteiger partial charge in [-0.25, -0.2) is 8.42 Å². The number of nitrogens with zero attached hydrogens (tertiary/aromatic N) is 5. The van der Waals surface area contributed by atoms with Gasteiger partial charge in [-0.1, -0.05) is 11.2 Å². The number of nitrogens with one attached hydrogen (secondary N) is 2. The van der Waals surface area contributed by atoms with Crippen molar-refractivity contribution in [2.75, 3.05) is 31.0 Å². The van der Waals surface area contributed by atoms with Crippen molar-refractivity contribution < 1.29 is 27.3 Å². The van der Waals surface area contributed by atoms with Gasteiger partial charge >= 0.3 is 0 Å². The van der Waals surface area contributed by atoms with Crippen LogP contribution >= 0.6 is 0 Å². The fraction of sp³-hybridized carbons (Fsp3) is 0.364. The summed E-state index contributed by atoms with van der Waals surface area (Å²) in [6.45, 7) is 1.62. The van der Waals surface area contributed by atoms with E-state index in [0.717, 1.165) is 23.4 Å². The molecule has 0 bridgehead atoms. The molecule has 2 heterocycles. The van der Waals surface area contributed by atoms with Crippen LogP contribution in [0, 0.1) is 5.92 Å². The summed E-state index contributed by atoms with van der Waals surface area (Å²) < 4.78 is 35.8. The summed E-state index contributed by atoms with van der Waals surface area (Å²) in [7, 11) is -0.639. The average Bonchev–Trinajstić information content (AvgIpc) is 3.59. The van der Waals surface area contributed by atoms with Crippen LogP contribution < -0.4 is 21.1 Å². The number of rotatable bonds is 10. The summed E-state index contributed by atoms with van der Waals surface area (Å²) in [4.78, 5) is 28.5. The highest BCUT2D eigenvalue weighted by molar-refractivity contribution is 7.88. The molecule has 1 aliphatic carbocycles. The van der Waals surface area contributed by atoms with Crippen LogP contribution in [0.3, 0.4) is 0 Å². The third-order valence-corrected chi connectivity index (χ3v) is 7.19. The monoisotopic (exact) mass is 530 g/mol. The lowest BCUT2D eigenvalue weighted by atomic mass is 10.1. The largest absolute Gasteiger partial charge is 0.494 e. The van der Waals surface area contributed by atoms with Gasteiger partial charge in [-0.05, 0) is 31.9 Å². The fourth-order valence-electron chi connectivity index (χ4n) is 3.44. The number of anilines is 3.